The number of H-pyrrole nitrogens is 1. The average Bonchev–Trinajstić information content (AvgIpc) is 2.91. The van der Waals surface area contributed by atoms with Crippen LogP contribution in [0.2, 0.25) is 0 Å². The largest absolute Gasteiger partial charge is 0.355 e. The number of allylic oxidation sites excluding steroid dienone is 1. The standard InChI is InChI=1S/C21H24N2O/c1-4-6-15-7-9-20-18(12-15)19-13-16(8-10-21(19)23-20)11-17(5-2)22-14(3)24/h4,7-10,12-13,17,23H,1,5-6,11H2,2-3H3,(H,22,24). The van der Waals surface area contributed by atoms with E-state index in [1.807, 2.05) is 6.08 Å². The molecule has 124 valence electrons. The normalized spacial score (nSPS) is 12.4. The fraction of sp³-hybridized carbons (Fsp3) is 0.286. The molecule has 3 rings (SSSR count). The van der Waals surface area contributed by atoms with Crippen LogP contribution < -0.4 is 5.32 Å². The van der Waals surface area contributed by atoms with Gasteiger partial charge in [-0.15, -0.1) is 6.58 Å². The Morgan fingerprint density at radius 1 is 1.17 bits per heavy atom. The van der Waals surface area contributed by atoms with E-state index in [2.05, 4.69) is 60.2 Å². The SMILES string of the molecule is C=CCc1ccc2[nH]c3ccc(CC(CC)NC(C)=O)cc3c2c1. The molecule has 1 atom stereocenters. The highest BCUT2D eigenvalue weighted by Gasteiger charge is 2.11. The first-order valence-electron chi connectivity index (χ1n) is 8.52. The van der Waals surface area contributed by atoms with Gasteiger partial charge in [0.25, 0.3) is 0 Å². The van der Waals surface area contributed by atoms with Gasteiger partial charge in [0.15, 0.2) is 0 Å². The molecule has 0 aliphatic rings. The Bertz CT molecular complexity index is 891. The Labute approximate surface area is 142 Å². The fourth-order valence-corrected chi connectivity index (χ4v) is 3.28. The van der Waals surface area contributed by atoms with E-state index in [1.54, 1.807) is 6.92 Å². The summed E-state index contributed by atoms with van der Waals surface area (Å²) in [7, 11) is 0. The third-order valence-corrected chi connectivity index (χ3v) is 4.49. The first-order chi connectivity index (χ1) is 11.6. The predicted molar refractivity (Wildman–Crippen MR) is 101 cm³/mol. The van der Waals surface area contributed by atoms with E-state index in [-0.39, 0.29) is 11.9 Å². The van der Waals surface area contributed by atoms with Crippen LogP contribution in [-0.2, 0) is 17.6 Å². The molecule has 1 unspecified atom stereocenters. The average molecular weight is 320 g/mol. The van der Waals surface area contributed by atoms with Gasteiger partial charge in [0, 0.05) is 34.8 Å². The molecule has 2 aromatic carbocycles. The van der Waals surface area contributed by atoms with Gasteiger partial charge in [-0.05, 0) is 54.7 Å². The highest BCUT2D eigenvalue weighted by molar-refractivity contribution is 6.07. The van der Waals surface area contributed by atoms with E-state index >= 15 is 0 Å². The molecule has 1 aromatic heterocycles. The monoisotopic (exact) mass is 320 g/mol. The van der Waals surface area contributed by atoms with Crippen molar-refractivity contribution < 1.29 is 4.79 Å². The van der Waals surface area contributed by atoms with Crippen molar-refractivity contribution in [3.8, 4) is 0 Å². The van der Waals surface area contributed by atoms with E-state index < -0.39 is 0 Å². The topological polar surface area (TPSA) is 44.9 Å². The molecule has 3 heteroatoms. The van der Waals surface area contributed by atoms with Crippen LogP contribution in [0.4, 0.5) is 0 Å². The highest BCUT2D eigenvalue weighted by atomic mass is 16.1. The Morgan fingerprint density at radius 3 is 2.38 bits per heavy atom. The summed E-state index contributed by atoms with van der Waals surface area (Å²) in [5, 5.41) is 5.52. The van der Waals surface area contributed by atoms with E-state index in [1.165, 1.54) is 21.9 Å². The van der Waals surface area contributed by atoms with Crippen molar-refractivity contribution in [2.75, 3.05) is 0 Å². The van der Waals surface area contributed by atoms with Crippen LogP contribution >= 0.6 is 0 Å². The van der Waals surface area contributed by atoms with Crippen molar-refractivity contribution in [1.82, 2.24) is 10.3 Å². The maximum absolute atomic E-state index is 11.3. The second-order valence-corrected chi connectivity index (χ2v) is 6.39. The summed E-state index contributed by atoms with van der Waals surface area (Å²) < 4.78 is 0. The summed E-state index contributed by atoms with van der Waals surface area (Å²) in [5.41, 5.74) is 4.83. The molecule has 0 aliphatic heterocycles. The lowest BCUT2D eigenvalue weighted by molar-refractivity contribution is -0.119. The molecular weight excluding hydrogens is 296 g/mol. The lowest BCUT2D eigenvalue weighted by Crippen LogP contribution is -2.34. The molecule has 0 fully saturated rings. The summed E-state index contributed by atoms with van der Waals surface area (Å²) in [6.45, 7) is 7.50. The van der Waals surface area contributed by atoms with Crippen LogP contribution in [0.3, 0.4) is 0 Å². The molecule has 24 heavy (non-hydrogen) atoms. The molecule has 2 N–H and O–H groups in total. The lowest BCUT2D eigenvalue weighted by atomic mass is 10.0. The zero-order valence-corrected chi connectivity index (χ0v) is 14.4. The number of aromatic nitrogens is 1. The molecule has 1 heterocycles. The summed E-state index contributed by atoms with van der Waals surface area (Å²) in [5.74, 6) is 0.0316. The van der Waals surface area contributed by atoms with Crippen LogP contribution in [0.5, 0.6) is 0 Å². The van der Waals surface area contributed by atoms with Crippen LogP contribution in [-0.4, -0.2) is 16.9 Å². The summed E-state index contributed by atoms with van der Waals surface area (Å²) in [6.07, 6.45) is 4.59. The number of carbonyl (C=O) groups excluding carboxylic acids is 1. The number of aromatic amines is 1. The number of carbonyl (C=O) groups is 1. The Balaban J connectivity index is 1.99. The summed E-state index contributed by atoms with van der Waals surface area (Å²) in [6, 6.07) is 13.2. The summed E-state index contributed by atoms with van der Waals surface area (Å²) >= 11 is 0. The fourth-order valence-electron chi connectivity index (χ4n) is 3.28. The van der Waals surface area contributed by atoms with Gasteiger partial charge in [0.1, 0.15) is 0 Å². The number of benzene rings is 2. The van der Waals surface area contributed by atoms with Crippen molar-refractivity contribution in [3.63, 3.8) is 0 Å². The van der Waals surface area contributed by atoms with Crippen LogP contribution in [0.1, 0.15) is 31.4 Å². The van der Waals surface area contributed by atoms with Crippen LogP contribution in [0.25, 0.3) is 21.8 Å². The zero-order chi connectivity index (χ0) is 17.1. The van der Waals surface area contributed by atoms with Gasteiger partial charge in [0.05, 0.1) is 0 Å². The molecule has 0 aliphatic carbocycles. The van der Waals surface area contributed by atoms with Gasteiger partial charge in [-0.2, -0.15) is 0 Å². The number of rotatable bonds is 6. The van der Waals surface area contributed by atoms with Crippen molar-refractivity contribution in [2.45, 2.75) is 39.2 Å². The van der Waals surface area contributed by atoms with Gasteiger partial charge >= 0.3 is 0 Å². The number of amides is 1. The third kappa shape index (κ3) is 3.35. The summed E-state index contributed by atoms with van der Waals surface area (Å²) in [4.78, 5) is 14.8. The minimum atomic E-state index is 0.0316. The van der Waals surface area contributed by atoms with Gasteiger partial charge in [0.2, 0.25) is 5.91 Å². The van der Waals surface area contributed by atoms with E-state index in [4.69, 9.17) is 0 Å². The second-order valence-electron chi connectivity index (χ2n) is 6.39. The molecule has 1 amide bonds. The molecule has 0 saturated heterocycles. The quantitative estimate of drug-likeness (QED) is 0.645. The van der Waals surface area contributed by atoms with Gasteiger partial charge in [-0.25, -0.2) is 0 Å². The zero-order valence-electron chi connectivity index (χ0n) is 14.4. The van der Waals surface area contributed by atoms with Crippen LogP contribution in [0.15, 0.2) is 49.1 Å². The molecule has 3 aromatic rings. The molecule has 0 saturated carbocycles. The number of nitrogens with one attached hydrogen (secondary N) is 2. The van der Waals surface area contributed by atoms with Gasteiger partial charge in [-0.1, -0.05) is 25.1 Å². The first-order valence-corrected chi connectivity index (χ1v) is 8.52. The van der Waals surface area contributed by atoms with E-state index in [9.17, 15) is 4.79 Å². The van der Waals surface area contributed by atoms with Crippen LogP contribution in [0, 0.1) is 0 Å². The predicted octanol–water partition coefficient (Wildman–Crippen LogP) is 4.51. The minimum Gasteiger partial charge on any atom is -0.355 e. The Hall–Kier alpha value is -2.55. The smallest absolute Gasteiger partial charge is 0.217 e. The van der Waals surface area contributed by atoms with Gasteiger partial charge < -0.3 is 10.3 Å². The maximum Gasteiger partial charge on any atom is 0.217 e. The molecular formula is C21H24N2O. The number of fused-ring (bicyclic) bond motifs is 3. The Morgan fingerprint density at radius 2 is 1.79 bits per heavy atom. The number of hydrogen-bond donors (Lipinski definition) is 2. The second kappa shape index (κ2) is 6.91. The molecule has 0 bridgehead atoms. The lowest BCUT2D eigenvalue weighted by Gasteiger charge is -2.15. The van der Waals surface area contributed by atoms with Crippen molar-refractivity contribution >= 4 is 27.7 Å². The van der Waals surface area contributed by atoms with Gasteiger partial charge in [-0.3, -0.25) is 4.79 Å². The van der Waals surface area contributed by atoms with Crippen molar-refractivity contribution in [1.29, 1.82) is 0 Å². The van der Waals surface area contributed by atoms with E-state index in [0.717, 1.165) is 30.3 Å². The third-order valence-electron chi connectivity index (χ3n) is 4.49. The number of hydrogen-bond acceptors (Lipinski definition) is 1. The highest BCUT2D eigenvalue weighted by Crippen LogP contribution is 2.28. The maximum atomic E-state index is 11.3. The van der Waals surface area contributed by atoms with E-state index in [0.29, 0.717) is 0 Å². The van der Waals surface area contributed by atoms with Crippen molar-refractivity contribution in [3.05, 3.63) is 60.2 Å². The molecule has 0 radical (unpaired) electrons. The Kier molecular flexibility index (Phi) is 4.70. The van der Waals surface area contributed by atoms with Crippen molar-refractivity contribution in [2.24, 2.45) is 0 Å². The molecule has 0 spiro atoms. The molecule has 3 nitrogen and oxygen atoms in total. The minimum absolute atomic E-state index is 0.0316. The first kappa shape index (κ1) is 16.3.